The number of fused-ring (bicyclic) bond motifs is 1. The molecule has 0 atom stereocenters. The minimum Gasteiger partial charge on any atom is -0.478 e. The Morgan fingerprint density at radius 2 is 1.33 bits per heavy atom. The van der Waals surface area contributed by atoms with Gasteiger partial charge in [-0.2, -0.15) is 0 Å². The number of carboxylic acid groups (broad SMARTS) is 1. The number of rotatable bonds is 13. The summed E-state index contributed by atoms with van der Waals surface area (Å²) in [4.78, 5) is 16.9. The van der Waals surface area contributed by atoms with Crippen molar-refractivity contribution in [3.8, 4) is 22.9 Å². The lowest BCUT2D eigenvalue weighted by Gasteiger charge is -2.13. The molecule has 0 aliphatic rings. The standard InChI is InChI=1S/C37H34N4O4/c1-2-3-18-32-38-33-34(41(32)23-26-19-21-29(22-20-26)30-16-10-11-17-31(30)37(42)43)36(45-25-28-14-8-5-9-15-28)40-39-35(33)44-24-27-12-6-4-7-13-27/h4-17,19-22H,2-3,18,23-25H2,1H3,(H,42,43). The average Bonchev–Trinajstić information content (AvgIpc) is 3.45. The normalized spacial score (nSPS) is 11.0. The Morgan fingerprint density at radius 3 is 1.98 bits per heavy atom. The fourth-order valence-electron chi connectivity index (χ4n) is 5.29. The van der Waals surface area contributed by atoms with Gasteiger partial charge in [0.2, 0.25) is 0 Å². The van der Waals surface area contributed by atoms with Crippen LogP contribution in [0.1, 0.15) is 52.6 Å². The zero-order valence-electron chi connectivity index (χ0n) is 25.1. The molecule has 0 spiro atoms. The Morgan fingerprint density at radius 1 is 0.733 bits per heavy atom. The zero-order valence-corrected chi connectivity index (χ0v) is 25.1. The van der Waals surface area contributed by atoms with Gasteiger partial charge in [-0.25, -0.2) is 9.78 Å². The lowest BCUT2D eigenvalue weighted by atomic mass is 9.99. The number of carbonyl (C=O) groups is 1. The molecule has 45 heavy (non-hydrogen) atoms. The van der Waals surface area contributed by atoms with Gasteiger partial charge in [0, 0.05) is 13.0 Å². The molecule has 226 valence electrons. The highest BCUT2D eigenvalue weighted by Crippen LogP contribution is 2.33. The van der Waals surface area contributed by atoms with Crippen molar-refractivity contribution in [2.75, 3.05) is 0 Å². The van der Waals surface area contributed by atoms with Gasteiger partial charge < -0.3 is 19.1 Å². The molecule has 2 heterocycles. The molecule has 0 fully saturated rings. The van der Waals surface area contributed by atoms with E-state index in [1.165, 1.54) is 0 Å². The molecule has 1 N–H and O–H groups in total. The maximum Gasteiger partial charge on any atom is 0.336 e. The van der Waals surface area contributed by atoms with Crippen molar-refractivity contribution in [3.05, 3.63) is 137 Å². The van der Waals surface area contributed by atoms with E-state index < -0.39 is 5.97 Å². The molecule has 0 bridgehead atoms. The molecule has 4 aromatic carbocycles. The van der Waals surface area contributed by atoms with Crippen LogP contribution in [0.15, 0.2) is 109 Å². The van der Waals surface area contributed by atoms with Crippen LogP contribution >= 0.6 is 0 Å². The zero-order chi connectivity index (χ0) is 31.0. The molecule has 2 aromatic heterocycles. The lowest BCUT2D eigenvalue weighted by molar-refractivity contribution is 0.0697. The van der Waals surface area contributed by atoms with Gasteiger partial charge in [0.1, 0.15) is 24.6 Å². The van der Waals surface area contributed by atoms with Gasteiger partial charge in [0.05, 0.1) is 5.56 Å². The SMILES string of the molecule is CCCCc1nc2c(OCc3ccccc3)nnc(OCc3ccccc3)c2n1Cc1ccc(-c2ccccc2C(=O)O)cc1. The number of aromatic nitrogens is 4. The van der Waals surface area contributed by atoms with Crippen LogP contribution in [0.4, 0.5) is 0 Å². The van der Waals surface area contributed by atoms with Gasteiger partial charge >= 0.3 is 5.97 Å². The van der Waals surface area contributed by atoms with Crippen LogP contribution < -0.4 is 9.47 Å². The first-order chi connectivity index (χ1) is 22.1. The topological polar surface area (TPSA) is 99.4 Å². The number of benzene rings is 4. The minimum absolute atomic E-state index is 0.273. The molecule has 0 aliphatic carbocycles. The average molecular weight is 599 g/mol. The summed E-state index contributed by atoms with van der Waals surface area (Å²) in [5.74, 6) is 0.701. The Kier molecular flexibility index (Phi) is 9.11. The molecule has 0 saturated heterocycles. The predicted molar refractivity (Wildman–Crippen MR) is 173 cm³/mol. The van der Waals surface area contributed by atoms with Crippen LogP contribution in [0.2, 0.25) is 0 Å². The number of ether oxygens (including phenoxy) is 2. The third kappa shape index (κ3) is 6.86. The van der Waals surface area contributed by atoms with Crippen LogP contribution in [-0.4, -0.2) is 30.8 Å². The third-order valence-corrected chi connectivity index (χ3v) is 7.64. The number of carboxylic acids is 1. The Balaban J connectivity index is 1.39. The fourth-order valence-corrected chi connectivity index (χ4v) is 5.29. The molecule has 6 aromatic rings. The monoisotopic (exact) mass is 598 g/mol. The second-order valence-electron chi connectivity index (χ2n) is 10.8. The number of unbranched alkanes of at least 4 members (excludes halogenated alkanes) is 1. The second kappa shape index (κ2) is 13.9. The highest BCUT2D eigenvalue weighted by molar-refractivity contribution is 5.96. The van der Waals surface area contributed by atoms with Gasteiger partial charge in [0.15, 0.2) is 5.52 Å². The highest BCUT2D eigenvalue weighted by Gasteiger charge is 2.22. The van der Waals surface area contributed by atoms with E-state index in [0.29, 0.717) is 42.6 Å². The Labute approximate surface area is 261 Å². The molecule has 8 nitrogen and oxygen atoms in total. The van der Waals surface area contributed by atoms with Crippen molar-refractivity contribution < 1.29 is 19.4 Å². The van der Waals surface area contributed by atoms with E-state index in [2.05, 4.69) is 21.7 Å². The molecule has 0 radical (unpaired) electrons. The summed E-state index contributed by atoms with van der Waals surface area (Å²) in [6.45, 7) is 3.35. The van der Waals surface area contributed by atoms with E-state index in [9.17, 15) is 9.90 Å². The van der Waals surface area contributed by atoms with Gasteiger partial charge in [-0.15, -0.1) is 10.2 Å². The molecular weight excluding hydrogens is 564 g/mol. The summed E-state index contributed by atoms with van der Waals surface area (Å²) in [7, 11) is 0. The molecule has 0 unspecified atom stereocenters. The van der Waals surface area contributed by atoms with Gasteiger partial charge in [-0.1, -0.05) is 116 Å². The maximum atomic E-state index is 11.8. The summed E-state index contributed by atoms with van der Waals surface area (Å²) < 4.78 is 14.6. The van der Waals surface area contributed by atoms with Crippen molar-refractivity contribution >= 4 is 17.0 Å². The maximum absolute atomic E-state index is 11.8. The fraction of sp³-hybridized carbons (Fsp3) is 0.189. The largest absolute Gasteiger partial charge is 0.478 e. The van der Waals surface area contributed by atoms with E-state index in [1.807, 2.05) is 97.1 Å². The first-order valence-electron chi connectivity index (χ1n) is 15.1. The van der Waals surface area contributed by atoms with Gasteiger partial charge in [-0.3, -0.25) is 0 Å². The first-order valence-corrected chi connectivity index (χ1v) is 15.1. The van der Waals surface area contributed by atoms with Crippen LogP contribution in [0, 0.1) is 0 Å². The quantitative estimate of drug-likeness (QED) is 0.145. The molecule has 6 rings (SSSR count). The van der Waals surface area contributed by atoms with E-state index >= 15 is 0 Å². The van der Waals surface area contributed by atoms with Crippen molar-refractivity contribution in [2.24, 2.45) is 0 Å². The first kappa shape index (κ1) is 29.6. The molecule has 8 heteroatoms. The molecule has 0 amide bonds. The number of imidazole rings is 1. The van der Waals surface area contributed by atoms with E-state index in [-0.39, 0.29) is 5.56 Å². The lowest BCUT2D eigenvalue weighted by Crippen LogP contribution is -2.08. The number of nitrogens with zero attached hydrogens (tertiary/aromatic N) is 4. The summed E-state index contributed by atoms with van der Waals surface area (Å²) in [5.41, 5.74) is 6.21. The highest BCUT2D eigenvalue weighted by atomic mass is 16.5. The summed E-state index contributed by atoms with van der Waals surface area (Å²) in [6, 6.07) is 34.9. The predicted octanol–water partition coefficient (Wildman–Crippen LogP) is 7.74. The van der Waals surface area contributed by atoms with Crippen molar-refractivity contribution in [1.29, 1.82) is 0 Å². The number of aromatic carboxylic acids is 1. The molecular formula is C37H34N4O4. The Hall–Kier alpha value is -5.50. The summed E-state index contributed by atoms with van der Waals surface area (Å²) in [6.07, 6.45) is 2.76. The van der Waals surface area contributed by atoms with Crippen molar-refractivity contribution in [1.82, 2.24) is 19.7 Å². The van der Waals surface area contributed by atoms with Crippen LogP contribution in [0.25, 0.3) is 22.2 Å². The summed E-state index contributed by atoms with van der Waals surface area (Å²) in [5, 5.41) is 18.6. The van der Waals surface area contributed by atoms with Crippen LogP contribution in [-0.2, 0) is 26.2 Å². The van der Waals surface area contributed by atoms with E-state index in [0.717, 1.165) is 52.9 Å². The van der Waals surface area contributed by atoms with Gasteiger partial charge in [-0.05, 0) is 40.3 Å². The smallest absolute Gasteiger partial charge is 0.336 e. The van der Waals surface area contributed by atoms with Crippen LogP contribution in [0.5, 0.6) is 11.8 Å². The summed E-state index contributed by atoms with van der Waals surface area (Å²) >= 11 is 0. The number of aryl methyl sites for hydroxylation is 1. The van der Waals surface area contributed by atoms with Gasteiger partial charge in [0.25, 0.3) is 11.8 Å². The Bertz CT molecular complexity index is 1890. The minimum atomic E-state index is -0.949. The number of hydrogen-bond acceptors (Lipinski definition) is 6. The second-order valence-corrected chi connectivity index (χ2v) is 10.8. The van der Waals surface area contributed by atoms with Crippen LogP contribution in [0.3, 0.4) is 0 Å². The van der Waals surface area contributed by atoms with E-state index in [4.69, 9.17) is 14.5 Å². The third-order valence-electron chi connectivity index (χ3n) is 7.64. The van der Waals surface area contributed by atoms with Crippen molar-refractivity contribution in [2.45, 2.75) is 45.9 Å². The molecule has 0 saturated carbocycles. The number of hydrogen-bond donors (Lipinski definition) is 1. The molecule has 0 aliphatic heterocycles. The van der Waals surface area contributed by atoms with E-state index in [1.54, 1.807) is 12.1 Å². The van der Waals surface area contributed by atoms with Crippen molar-refractivity contribution in [3.63, 3.8) is 0 Å².